The van der Waals surface area contributed by atoms with Crippen LogP contribution in [0.4, 0.5) is 0 Å². The van der Waals surface area contributed by atoms with Gasteiger partial charge in [-0.05, 0) is 52.3 Å². The van der Waals surface area contributed by atoms with Crippen LogP contribution in [0, 0.1) is 0 Å². The number of aromatic hydroxyl groups is 1. The van der Waals surface area contributed by atoms with Crippen LogP contribution in [0.15, 0.2) is 77.3 Å². The van der Waals surface area contributed by atoms with E-state index in [1.54, 1.807) is 18.2 Å². The summed E-state index contributed by atoms with van der Waals surface area (Å²) < 4.78 is 6.88. The van der Waals surface area contributed by atoms with Gasteiger partial charge in [-0.1, -0.05) is 36.4 Å². The van der Waals surface area contributed by atoms with Crippen molar-refractivity contribution in [2.24, 2.45) is 0 Å². The van der Waals surface area contributed by atoms with Crippen molar-refractivity contribution in [3.8, 4) is 28.8 Å². The third-order valence-corrected chi connectivity index (χ3v) is 4.41. The first kappa shape index (κ1) is 15.6. The van der Waals surface area contributed by atoms with Crippen molar-refractivity contribution in [3.05, 3.63) is 77.3 Å². The van der Waals surface area contributed by atoms with Gasteiger partial charge in [0.25, 0.3) is 0 Å². The summed E-state index contributed by atoms with van der Waals surface area (Å²) in [7, 11) is 0. The fourth-order valence-electron chi connectivity index (χ4n) is 2.54. The van der Waals surface area contributed by atoms with Crippen LogP contribution in [0.1, 0.15) is 0 Å². The Hall–Kier alpha value is -2.92. The Labute approximate surface area is 152 Å². The predicted molar refractivity (Wildman–Crippen MR) is 101 cm³/mol. The summed E-state index contributed by atoms with van der Waals surface area (Å²) in [5.41, 5.74) is 1.31. The highest BCUT2D eigenvalue weighted by Gasteiger charge is 2.14. The number of rotatable bonds is 3. The predicted octanol–water partition coefficient (Wildman–Crippen LogP) is 5.56. The Kier molecular flexibility index (Phi) is 4.07. The first-order valence-corrected chi connectivity index (χ1v) is 8.49. The van der Waals surface area contributed by atoms with Gasteiger partial charge >= 0.3 is 0 Å². The van der Waals surface area contributed by atoms with Crippen molar-refractivity contribution < 1.29 is 9.84 Å². The minimum absolute atomic E-state index is 0.129. The molecule has 1 aromatic heterocycles. The number of hydrogen-bond acceptors (Lipinski definition) is 4. The summed E-state index contributed by atoms with van der Waals surface area (Å²) in [4.78, 5) is 9.12. The number of aromatic nitrogens is 2. The molecule has 122 valence electrons. The quantitative estimate of drug-likeness (QED) is 0.495. The molecule has 0 atom stereocenters. The number of ether oxygens (including phenoxy) is 1. The van der Waals surface area contributed by atoms with E-state index in [2.05, 4.69) is 25.9 Å². The Morgan fingerprint density at radius 3 is 2.36 bits per heavy atom. The third kappa shape index (κ3) is 3.06. The molecule has 3 aromatic carbocycles. The second-order valence-corrected chi connectivity index (χ2v) is 6.27. The average molecular weight is 393 g/mol. The van der Waals surface area contributed by atoms with Gasteiger partial charge < -0.3 is 9.84 Å². The van der Waals surface area contributed by atoms with Gasteiger partial charge in [0, 0.05) is 0 Å². The first-order valence-electron chi connectivity index (χ1n) is 7.70. The lowest BCUT2D eigenvalue weighted by molar-refractivity contribution is 0.464. The number of phenols is 1. The molecule has 0 bridgehead atoms. The lowest BCUT2D eigenvalue weighted by Gasteiger charge is -2.11. The second kappa shape index (κ2) is 6.53. The number of halogens is 1. The molecule has 1 heterocycles. The van der Waals surface area contributed by atoms with Crippen LogP contribution in [-0.2, 0) is 0 Å². The number of fused-ring (bicyclic) bond motifs is 1. The molecule has 0 fully saturated rings. The first-order chi connectivity index (χ1) is 12.2. The SMILES string of the molecule is Oc1ccccc1-c1nc(Oc2ccccc2Br)c2ccccc2n1. The fourth-order valence-corrected chi connectivity index (χ4v) is 2.91. The number of nitrogens with zero attached hydrogens (tertiary/aromatic N) is 2. The van der Waals surface area contributed by atoms with Crippen LogP contribution in [0.5, 0.6) is 17.4 Å². The maximum atomic E-state index is 10.1. The van der Waals surface area contributed by atoms with Crippen molar-refractivity contribution >= 4 is 26.8 Å². The van der Waals surface area contributed by atoms with Gasteiger partial charge in [0.15, 0.2) is 5.82 Å². The minimum atomic E-state index is 0.129. The highest BCUT2D eigenvalue weighted by molar-refractivity contribution is 9.10. The molecular weight excluding hydrogens is 380 g/mol. The van der Waals surface area contributed by atoms with E-state index in [9.17, 15) is 5.11 Å². The molecule has 5 heteroatoms. The van der Waals surface area contributed by atoms with Crippen molar-refractivity contribution in [1.29, 1.82) is 0 Å². The van der Waals surface area contributed by atoms with E-state index in [0.29, 0.717) is 23.0 Å². The lowest BCUT2D eigenvalue weighted by Crippen LogP contribution is -1.96. The van der Waals surface area contributed by atoms with Gasteiger partial charge in [0.1, 0.15) is 11.5 Å². The molecule has 0 saturated heterocycles. The summed E-state index contributed by atoms with van der Waals surface area (Å²) in [5, 5.41) is 10.9. The average Bonchev–Trinajstić information content (AvgIpc) is 2.64. The van der Waals surface area contributed by atoms with Gasteiger partial charge in [-0.3, -0.25) is 0 Å². The van der Waals surface area contributed by atoms with Crippen LogP contribution in [0.3, 0.4) is 0 Å². The molecule has 4 aromatic rings. The van der Waals surface area contributed by atoms with Gasteiger partial charge in [0.2, 0.25) is 5.88 Å². The largest absolute Gasteiger partial charge is 0.507 e. The van der Waals surface area contributed by atoms with Crippen molar-refractivity contribution in [2.75, 3.05) is 0 Å². The van der Waals surface area contributed by atoms with Crippen LogP contribution in [0.2, 0.25) is 0 Å². The fraction of sp³-hybridized carbons (Fsp3) is 0. The van der Waals surface area contributed by atoms with Gasteiger partial charge in [0.05, 0.1) is 20.9 Å². The van der Waals surface area contributed by atoms with Gasteiger partial charge in [-0.2, -0.15) is 4.98 Å². The highest BCUT2D eigenvalue weighted by Crippen LogP contribution is 2.35. The number of benzene rings is 3. The molecular formula is C20H13BrN2O2. The second-order valence-electron chi connectivity index (χ2n) is 5.42. The maximum Gasteiger partial charge on any atom is 0.230 e. The standard InChI is InChI=1S/C20H13BrN2O2/c21-15-9-3-6-12-18(15)25-20-13-7-1-4-10-16(13)22-19(23-20)14-8-2-5-11-17(14)24/h1-12,24H. The van der Waals surface area contributed by atoms with E-state index in [1.165, 1.54) is 0 Å². The van der Waals surface area contributed by atoms with E-state index in [1.807, 2.05) is 54.6 Å². The molecule has 0 saturated carbocycles. The molecule has 0 aliphatic heterocycles. The molecule has 4 nitrogen and oxygen atoms in total. The van der Waals surface area contributed by atoms with E-state index in [4.69, 9.17) is 4.74 Å². The Bertz CT molecular complexity index is 1070. The Balaban J connectivity index is 1.91. The van der Waals surface area contributed by atoms with Gasteiger partial charge in [-0.15, -0.1) is 0 Å². The molecule has 0 spiro atoms. The van der Waals surface area contributed by atoms with Crippen molar-refractivity contribution in [3.63, 3.8) is 0 Å². The summed E-state index contributed by atoms with van der Waals surface area (Å²) >= 11 is 3.48. The van der Waals surface area contributed by atoms with E-state index in [0.717, 1.165) is 15.4 Å². The molecule has 4 rings (SSSR count). The highest BCUT2D eigenvalue weighted by atomic mass is 79.9. The molecule has 0 amide bonds. The van der Waals surface area contributed by atoms with Crippen LogP contribution in [0.25, 0.3) is 22.3 Å². The monoisotopic (exact) mass is 392 g/mol. The molecule has 0 unspecified atom stereocenters. The molecule has 0 aliphatic rings. The molecule has 0 aliphatic carbocycles. The topological polar surface area (TPSA) is 55.2 Å². The number of hydrogen-bond donors (Lipinski definition) is 1. The van der Waals surface area contributed by atoms with Gasteiger partial charge in [-0.25, -0.2) is 4.98 Å². The zero-order valence-corrected chi connectivity index (χ0v) is 14.6. The third-order valence-electron chi connectivity index (χ3n) is 3.76. The van der Waals surface area contributed by atoms with Crippen LogP contribution in [-0.4, -0.2) is 15.1 Å². The number of phenolic OH excluding ortho intramolecular Hbond substituents is 1. The zero-order valence-electron chi connectivity index (χ0n) is 13.1. The van der Waals surface area contributed by atoms with Crippen molar-refractivity contribution in [2.45, 2.75) is 0 Å². The van der Waals surface area contributed by atoms with Crippen LogP contribution >= 0.6 is 15.9 Å². The van der Waals surface area contributed by atoms with Crippen molar-refractivity contribution in [1.82, 2.24) is 9.97 Å². The zero-order chi connectivity index (χ0) is 17.2. The summed E-state index contributed by atoms with van der Waals surface area (Å²) in [6.45, 7) is 0. The molecule has 0 radical (unpaired) electrons. The minimum Gasteiger partial charge on any atom is -0.507 e. The Morgan fingerprint density at radius 1 is 0.800 bits per heavy atom. The Morgan fingerprint density at radius 2 is 1.52 bits per heavy atom. The number of para-hydroxylation sites is 3. The molecule has 25 heavy (non-hydrogen) atoms. The maximum absolute atomic E-state index is 10.1. The summed E-state index contributed by atoms with van der Waals surface area (Å²) in [5.74, 6) is 1.65. The molecule has 1 N–H and O–H groups in total. The van der Waals surface area contributed by atoms with Crippen LogP contribution < -0.4 is 4.74 Å². The van der Waals surface area contributed by atoms with E-state index < -0.39 is 0 Å². The normalized spacial score (nSPS) is 10.8. The lowest BCUT2D eigenvalue weighted by atomic mass is 10.1. The van der Waals surface area contributed by atoms with E-state index in [-0.39, 0.29) is 5.75 Å². The summed E-state index contributed by atoms with van der Waals surface area (Å²) in [6, 6.07) is 22.2. The summed E-state index contributed by atoms with van der Waals surface area (Å²) in [6.07, 6.45) is 0. The smallest absolute Gasteiger partial charge is 0.230 e. The van der Waals surface area contributed by atoms with E-state index >= 15 is 0 Å².